The summed E-state index contributed by atoms with van der Waals surface area (Å²) in [4.78, 5) is 12.3. The van der Waals surface area contributed by atoms with E-state index in [0.717, 1.165) is 16.7 Å². The third-order valence-electron chi connectivity index (χ3n) is 3.05. The van der Waals surface area contributed by atoms with E-state index < -0.39 is 0 Å². The van der Waals surface area contributed by atoms with Crippen molar-refractivity contribution < 1.29 is 4.79 Å². The molecule has 0 unspecified atom stereocenters. The van der Waals surface area contributed by atoms with Crippen molar-refractivity contribution in [1.82, 2.24) is 9.78 Å². The molecule has 0 saturated carbocycles. The van der Waals surface area contributed by atoms with Gasteiger partial charge in [-0.1, -0.05) is 6.07 Å². The number of benzene rings is 1. The molecule has 0 radical (unpaired) electrons. The first kappa shape index (κ1) is 11.6. The van der Waals surface area contributed by atoms with Gasteiger partial charge in [0, 0.05) is 18.8 Å². The van der Waals surface area contributed by atoms with Crippen LogP contribution in [0.3, 0.4) is 0 Å². The summed E-state index contributed by atoms with van der Waals surface area (Å²) in [6.07, 6.45) is 3.36. The van der Waals surface area contributed by atoms with Crippen LogP contribution in [-0.2, 0) is 7.05 Å². The minimum Gasteiger partial charge on any atom is -0.288 e. The fourth-order valence-corrected chi connectivity index (χ4v) is 1.90. The molecule has 2 rings (SSSR count). The van der Waals surface area contributed by atoms with Crippen LogP contribution in [0, 0.1) is 20.8 Å². The first-order valence-corrected chi connectivity index (χ1v) is 5.60. The Morgan fingerprint density at radius 3 is 2.35 bits per heavy atom. The van der Waals surface area contributed by atoms with Crippen molar-refractivity contribution in [2.75, 3.05) is 0 Å². The van der Waals surface area contributed by atoms with E-state index in [0.29, 0.717) is 5.56 Å². The Morgan fingerprint density at radius 2 is 1.76 bits per heavy atom. The van der Waals surface area contributed by atoms with Gasteiger partial charge >= 0.3 is 0 Å². The average molecular weight is 228 g/mol. The molecule has 0 amide bonds. The highest BCUT2D eigenvalue weighted by molar-refractivity contribution is 6.09. The van der Waals surface area contributed by atoms with Crippen LogP contribution in [0.1, 0.15) is 32.6 Å². The number of ketones is 1. The number of aryl methyl sites for hydroxylation is 4. The van der Waals surface area contributed by atoms with E-state index in [1.807, 2.05) is 27.0 Å². The molecule has 0 aliphatic carbocycles. The van der Waals surface area contributed by atoms with Crippen LogP contribution >= 0.6 is 0 Å². The number of rotatable bonds is 2. The molecule has 88 valence electrons. The Bertz CT molecular complexity index is 582. The number of aromatic nitrogens is 2. The first-order chi connectivity index (χ1) is 7.99. The third kappa shape index (κ3) is 2.13. The molecule has 0 fully saturated rings. The molecule has 1 aromatic heterocycles. The van der Waals surface area contributed by atoms with Crippen molar-refractivity contribution >= 4 is 5.78 Å². The highest BCUT2D eigenvalue weighted by Gasteiger charge is 2.14. The molecule has 0 atom stereocenters. The zero-order valence-electron chi connectivity index (χ0n) is 10.6. The fourth-order valence-electron chi connectivity index (χ4n) is 1.90. The number of carbonyl (C=O) groups is 1. The maximum absolute atomic E-state index is 12.3. The van der Waals surface area contributed by atoms with Crippen molar-refractivity contribution in [2.24, 2.45) is 7.05 Å². The predicted molar refractivity (Wildman–Crippen MR) is 67.3 cm³/mol. The van der Waals surface area contributed by atoms with Gasteiger partial charge in [-0.05, 0) is 43.5 Å². The summed E-state index contributed by atoms with van der Waals surface area (Å²) in [6, 6.07) is 4.01. The van der Waals surface area contributed by atoms with E-state index >= 15 is 0 Å². The van der Waals surface area contributed by atoms with E-state index in [1.54, 1.807) is 17.1 Å². The minimum atomic E-state index is 0.0405. The van der Waals surface area contributed by atoms with Gasteiger partial charge in [0.1, 0.15) is 0 Å². The second-order valence-electron chi connectivity index (χ2n) is 4.48. The van der Waals surface area contributed by atoms with Gasteiger partial charge in [-0.2, -0.15) is 5.10 Å². The van der Waals surface area contributed by atoms with Gasteiger partial charge in [0.15, 0.2) is 5.78 Å². The Kier molecular flexibility index (Phi) is 2.84. The van der Waals surface area contributed by atoms with Gasteiger partial charge < -0.3 is 0 Å². The minimum absolute atomic E-state index is 0.0405. The zero-order valence-corrected chi connectivity index (χ0v) is 10.6. The standard InChI is InChI=1S/C14H16N2O/c1-9-5-11(3)13(6-10(9)2)14(17)12-7-15-16(4)8-12/h5-8H,1-4H3. The van der Waals surface area contributed by atoms with Crippen LogP contribution in [0.4, 0.5) is 0 Å². The molecule has 2 aromatic rings. The smallest absolute Gasteiger partial charge is 0.196 e. The largest absolute Gasteiger partial charge is 0.288 e. The summed E-state index contributed by atoms with van der Waals surface area (Å²) in [5, 5.41) is 4.03. The zero-order chi connectivity index (χ0) is 12.6. The molecule has 3 heteroatoms. The second-order valence-corrected chi connectivity index (χ2v) is 4.48. The Balaban J connectivity index is 2.47. The number of hydrogen-bond donors (Lipinski definition) is 0. The summed E-state index contributed by atoms with van der Waals surface area (Å²) >= 11 is 0. The topological polar surface area (TPSA) is 34.9 Å². The monoisotopic (exact) mass is 228 g/mol. The number of nitrogens with zero attached hydrogens (tertiary/aromatic N) is 2. The van der Waals surface area contributed by atoms with Gasteiger partial charge in [-0.25, -0.2) is 0 Å². The Morgan fingerprint density at radius 1 is 1.12 bits per heavy atom. The predicted octanol–water partition coefficient (Wildman–Crippen LogP) is 2.58. The summed E-state index contributed by atoms with van der Waals surface area (Å²) in [6.45, 7) is 6.05. The average Bonchev–Trinajstić information content (AvgIpc) is 2.69. The van der Waals surface area contributed by atoms with Gasteiger partial charge in [-0.15, -0.1) is 0 Å². The molecule has 1 heterocycles. The summed E-state index contributed by atoms with van der Waals surface area (Å²) < 4.78 is 1.64. The van der Waals surface area contributed by atoms with Crippen LogP contribution in [0.25, 0.3) is 0 Å². The van der Waals surface area contributed by atoms with Crippen LogP contribution < -0.4 is 0 Å². The summed E-state index contributed by atoms with van der Waals surface area (Å²) in [7, 11) is 1.81. The number of hydrogen-bond acceptors (Lipinski definition) is 2. The highest BCUT2D eigenvalue weighted by Crippen LogP contribution is 2.18. The van der Waals surface area contributed by atoms with Crippen molar-refractivity contribution in [1.29, 1.82) is 0 Å². The van der Waals surface area contributed by atoms with E-state index in [1.165, 1.54) is 5.56 Å². The number of carbonyl (C=O) groups excluding carboxylic acids is 1. The molecule has 0 saturated heterocycles. The van der Waals surface area contributed by atoms with Crippen molar-refractivity contribution in [3.8, 4) is 0 Å². The molecule has 0 aliphatic rings. The second kappa shape index (κ2) is 4.17. The van der Waals surface area contributed by atoms with Crippen LogP contribution in [0.5, 0.6) is 0 Å². The summed E-state index contributed by atoms with van der Waals surface area (Å²) in [5.41, 5.74) is 4.77. The fraction of sp³-hybridized carbons (Fsp3) is 0.286. The van der Waals surface area contributed by atoms with Crippen LogP contribution in [-0.4, -0.2) is 15.6 Å². The van der Waals surface area contributed by atoms with Gasteiger partial charge in [0.25, 0.3) is 0 Å². The Labute approximate surface area is 101 Å². The van der Waals surface area contributed by atoms with Gasteiger partial charge in [0.05, 0.1) is 11.8 Å². The maximum atomic E-state index is 12.3. The Hall–Kier alpha value is -1.90. The van der Waals surface area contributed by atoms with Crippen molar-refractivity contribution in [3.05, 3.63) is 52.3 Å². The molecule has 0 bridgehead atoms. The SMILES string of the molecule is Cc1cc(C)c(C(=O)c2cnn(C)c2)cc1C. The van der Waals surface area contributed by atoms with E-state index in [-0.39, 0.29) is 5.78 Å². The molecule has 0 spiro atoms. The molecular formula is C14H16N2O. The van der Waals surface area contributed by atoms with Crippen LogP contribution in [0.15, 0.2) is 24.5 Å². The lowest BCUT2D eigenvalue weighted by atomic mass is 9.96. The molecular weight excluding hydrogens is 212 g/mol. The summed E-state index contributed by atoms with van der Waals surface area (Å²) in [5.74, 6) is 0.0405. The van der Waals surface area contributed by atoms with Gasteiger partial charge in [-0.3, -0.25) is 9.48 Å². The lowest BCUT2D eigenvalue weighted by Gasteiger charge is -2.07. The molecule has 3 nitrogen and oxygen atoms in total. The van der Waals surface area contributed by atoms with E-state index in [2.05, 4.69) is 18.1 Å². The first-order valence-electron chi connectivity index (χ1n) is 5.60. The highest BCUT2D eigenvalue weighted by atomic mass is 16.1. The lowest BCUT2D eigenvalue weighted by molar-refractivity contribution is 0.103. The lowest BCUT2D eigenvalue weighted by Crippen LogP contribution is -2.04. The molecule has 17 heavy (non-hydrogen) atoms. The van der Waals surface area contributed by atoms with E-state index in [4.69, 9.17) is 0 Å². The van der Waals surface area contributed by atoms with Gasteiger partial charge in [0.2, 0.25) is 0 Å². The van der Waals surface area contributed by atoms with Crippen molar-refractivity contribution in [2.45, 2.75) is 20.8 Å². The van der Waals surface area contributed by atoms with Crippen molar-refractivity contribution in [3.63, 3.8) is 0 Å². The molecule has 0 N–H and O–H groups in total. The quantitative estimate of drug-likeness (QED) is 0.740. The van der Waals surface area contributed by atoms with E-state index in [9.17, 15) is 4.79 Å². The van der Waals surface area contributed by atoms with Crippen LogP contribution in [0.2, 0.25) is 0 Å². The molecule has 1 aromatic carbocycles. The maximum Gasteiger partial charge on any atom is 0.196 e. The third-order valence-corrected chi connectivity index (χ3v) is 3.05. The normalized spacial score (nSPS) is 10.6. The molecule has 0 aliphatic heterocycles.